The number of aromatic carboxylic acids is 1. The molecule has 1 aromatic rings. The smallest absolute Gasteiger partial charge is 0.339 e. The molecule has 1 unspecified atom stereocenters. The number of hydrogen-bond donors (Lipinski definition) is 2. The van der Waals surface area contributed by atoms with Crippen molar-refractivity contribution in [2.75, 3.05) is 6.54 Å². The summed E-state index contributed by atoms with van der Waals surface area (Å²) in [5.41, 5.74) is -0.350. The molecule has 5 nitrogen and oxygen atoms in total. The maximum absolute atomic E-state index is 12.9. The van der Waals surface area contributed by atoms with Gasteiger partial charge in [-0.1, -0.05) is 5.92 Å². The summed E-state index contributed by atoms with van der Waals surface area (Å²) in [5.74, 6) is -0.392. The van der Waals surface area contributed by atoms with Crippen LogP contribution < -0.4 is 10.1 Å². The maximum Gasteiger partial charge on any atom is 0.339 e. The summed E-state index contributed by atoms with van der Waals surface area (Å²) >= 11 is 0. The molecule has 1 rings (SSSR count). The van der Waals surface area contributed by atoms with Crippen LogP contribution in [0.1, 0.15) is 17.3 Å². The molecule has 0 aromatic heterocycles. The van der Waals surface area contributed by atoms with E-state index in [4.69, 9.17) is 16.3 Å². The summed E-state index contributed by atoms with van der Waals surface area (Å²) in [4.78, 5) is 22.4. The Balaban J connectivity index is 2.85. The monoisotopic (exact) mass is 265 g/mol. The number of amides is 1. The zero-order chi connectivity index (χ0) is 14.4. The Bertz CT molecular complexity index is 536. The van der Waals surface area contributed by atoms with E-state index in [9.17, 15) is 14.0 Å². The molecule has 0 spiro atoms. The van der Waals surface area contributed by atoms with Gasteiger partial charge < -0.3 is 15.2 Å². The summed E-state index contributed by atoms with van der Waals surface area (Å²) in [6, 6.07) is 3.03. The number of hydrogen-bond acceptors (Lipinski definition) is 3. The van der Waals surface area contributed by atoms with Crippen LogP contribution in [0.3, 0.4) is 0 Å². The van der Waals surface area contributed by atoms with Gasteiger partial charge >= 0.3 is 5.97 Å². The lowest BCUT2D eigenvalue weighted by Crippen LogP contribution is -2.36. The van der Waals surface area contributed by atoms with E-state index >= 15 is 0 Å². The largest absolute Gasteiger partial charge is 0.480 e. The van der Waals surface area contributed by atoms with Crippen LogP contribution in [0.2, 0.25) is 0 Å². The highest BCUT2D eigenvalue weighted by Gasteiger charge is 2.18. The Morgan fingerprint density at radius 2 is 2.26 bits per heavy atom. The second kappa shape index (κ2) is 6.40. The molecule has 100 valence electrons. The molecule has 6 heteroatoms. The van der Waals surface area contributed by atoms with Crippen molar-refractivity contribution in [2.24, 2.45) is 0 Å². The lowest BCUT2D eigenvalue weighted by Gasteiger charge is -2.15. The predicted molar refractivity (Wildman–Crippen MR) is 65.3 cm³/mol. The van der Waals surface area contributed by atoms with Crippen LogP contribution in [-0.2, 0) is 4.79 Å². The quantitative estimate of drug-likeness (QED) is 0.780. The molecular formula is C13H12FNO4. The average molecular weight is 265 g/mol. The fourth-order valence-corrected chi connectivity index (χ4v) is 1.30. The highest BCUT2D eigenvalue weighted by molar-refractivity contribution is 5.91. The van der Waals surface area contributed by atoms with Gasteiger partial charge in [0.15, 0.2) is 6.10 Å². The van der Waals surface area contributed by atoms with Gasteiger partial charge in [-0.2, -0.15) is 0 Å². The van der Waals surface area contributed by atoms with Crippen molar-refractivity contribution in [3.63, 3.8) is 0 Å². The molecule has 0 saturated heterocycles. The number of carbonyl (C=O) groups is 2. The van der Waals surface area contributed by atoms with Gasteiger partial charge in [0, 0.05) is 0 Å². The lowest BCUT2D eigenvalue weighted by atomic mass is 10.2. The number of ether oxygens (including phenoxy) is 1. The Morgan fingerprint density at radius 3 is 2.84 bits per heavy atom. The first-order chi connectivity index (χ1) is 8.95. The molecule has 0 heterocycles. The van der Waals surface area contributed by atoms with Crippen molar-refractivity contribution in [1.29, 1.82) is 0 Å². The van der Waals surface area contributed by atoms with Crippen LogP contribution in [0.25, 0.3) is 0 Å². The minimum absolute atomic E-state index is 0.0434. The number of nitrogens with one attached hydrogen (secondary N) is 1. The molecule has 1 aromatic carbocycles. The number of carboxylic acid groups (broad SMARTS) is 1. The first-order valence-corrected chi connectivity index (χ1v) is 5.36. The van der Waals surface area contributed by atoms with Crippen LogP contribution in [0, 0.1) is 18.2 Å². The number of terminal acetylenes is 1. The summed E-state index contributed by atoms with van der Waals surface area (Å²) in [7, 11) is 0. The molecule has 0 fully saturated rings. The third kappa shape index (κ3) is 4.00. The third-order valence-electron chi connectivity index (χ3n) is 2.21. The second-order valence-electron chi connectivity index (χ2n) is 3.63. The summed E-state index contributed by atoms with van der Waals surface area (Å²) in [5, 5.41) is 11.3. The second-order valence-corrected chi connectivity index (χ2v) is 3.63. The van der Waals surface area contributed by atoms with E-state index in [0.29, 0.717) is 0 Å². The Morgan fingerprint density at radius 1 is 1.58 bits per heavy atom. The maximum atomic E-state index is 12.9. The van der Waals surface area contributed by atoms with Crippen molar-refractivity contribution in [3.05, 3.63) is 29.6 Å². The topological polar surface area (TPSA) is 75.6 Å². The van der Waals surface area contributed by atoms with E-state index < -0.39 is 23.8 Å². The fourth-order valence-electron chi connectivity index (χ4n) is 1.30. The van der Waals surface area contributed by atoms with Crippen LogP contribution in [0.15, 0.2) is 18.2 Å². The predicted octanol–water partition coefficient (Wildman–Crippen LogP) is 1.04. The van der Waals surface area contributed by atoms with Gasteiger partial charge in [0.05, 0.1) is 6.54 Å². The summed E-state index contributed by atoms with van der Waals surface area (Å²) < 4.78 is 18.1. The lowest BCUT2D eigenvalue weighted by molar-refractivity contribution is -0.127. The van der Waals surface area contributed by atoms with Crippen molar-refractivity contribution in [2.45, 2.75) is 13.0 Å². The number of rotatable bonds is 5. The van der Waals surface area contributed by atoms with Gasteiger partial charge in [-0.25, -0.2) is 9.18 Å². The minimum Gasteiger partial charge on any atom is -0.480 e. The molecule has 0 bridgehead atoms. The van der Waals surface area contributed by atoms with E-state index in [1.807, 2.05) is 0 Å². The van der Waals surface area contributed by atoms with Crippen molar-refractivity contribution < 1.29 is 23.8 Å². The number of benzene rings is 1. The number of halogens is 1. The van der Waals surface area contributed by atoms with Crippen LogP contribution in [0.4, 0.5) is 4.39 Å². The number of carbonyl (C=O) groups excluding carboxylic acids is 1. The van der Waals surface area contributed by atoms with E-state index in [2.05, 4.69) is 11.2 Å². The summed E-state index contributed by atoms with van der Waals surface area (Å²) in [6.45, 7) is 1.47. The Labute approximate surface area is 109 Å². The zero-order valence-corrected chi connectivity index (χ0v) is 10.1. The molecule has 0 aliphatic carbocycles. The minimum atomic E-state index is -1.34. The zero-order valence-electron chi connectivity index (χ0n) is 10.1. The average Bonchev–Trinajstić information content (AvgIpc) is 2.37. The highest BCUT2D eigenvalue weighted by atomic mass is 19.1. The first-order valence-electron chi connectivity index (χ1n) is 5.36. The third-order valence-corrected chi connectivity index (χ3v) is 2.21. The normalized spacial score (nSPS) is 11.2. The first kappa shape index (κ1) is 14.5. The highest BCUT2D eigenvalue weighted by Crippen LogP contribution is 2.21. The Hall–Kier alpha value is -2.55. The molecule has 0 radical (unpaired) electrons. The molecular weight excluding hydrogens is 253 g/mol. The molecule has 1 atom stereocenters. The molecule has 19 heavy (non-hydrogen) atoms. The van der Waals surface area contributed by atoms with Crippen molar-refractivity contribution >= 4 is 11.9 Å². The molecule has 0 aliphatic rings. The van der Waals surface area contributed by atoms with Gasteiger partial charge in [-0.3, -0.25) is 4.79 Å². The van der Waals surface area contributed by atoms with Gasteiger partial charge in [-0.05, 0) is 25.1 Å². The van der Waals surface area contributed by atoms with Gasteiger partial charge in [0.25, 0.3) is 5.91 Å². The standard InChI is InChI=1S/C13H12FNO4/c1-3-6-15-12(16)8(2)19-11-5-4-9(14)7-10(11)13(17)18/h1,4-5,7-8H,6H2,2H3,(H,15,16)(H,17,18). The van der Waals surface area contributed by atoms with E-state index in [1.54, 1.807) is 0 Å². The molecule has 0 aliphatic heterocycles. The molecule has 2 N–H and O–H groups in total. The van der Waals surface area contributed by atoms with Gasteiger partial charge in [0.1, 0.15) is 17.1 Å². The summed E-state index contributed by atoms with van der Waals surface area (Å²) in [6.07, 6.45) is 4.04. The fraction of sp³-hybridized carbons (Fsp3) is 0.231. The van der Waals surface area contributed by atoms with Gasteiger partial charge in [0.2, 0.25) is 0 Å². The van der Waals surface area contributed by atoms with Crippen LogP contribution in [-0.4, -0.2) is 29.6 Å². The van der Waals surface area contributed by atoms with Crippen molar-refractivity contribution in [1.82, 2.24) is 5.32 Å². The van der Waals surface area contributed by atoms with E-state index in [0.717, 1.165) is 18.2 Å². The van der Waals surface area contributed by atoms with Crippen LogP contribution >= 0.6 is 0 Å². The van der Waals surface area contributed by atoms with E-state index in [-0.39, 0.29) is 17.9 Å². The number of carboxylic acids is 1. The molecule has 0 saturated carbocycles. The van der Waals surface area contributed by atoms with Crippen LogP contribution in [0.5, 0.6) is 5.75 Å². The van der Waals surface area contributed by atoms with Gasteiger partial charge in [-0.15, -0.1) is 6.42 Å². The van der Waals surface area contributed by atoms with E-state index in [1.165, 1.54) is 6.92 Å². The molecule has 1 amide bonds. The SMILES string of the molecule is C#CCNC(=O)C(C)Oc1ccc(F)cc1C(=O)O. The Kier molecular flexibility index (Phi) is 4.89. The van der Waals surface area contributed by atoms with Crippen molar-refractivity contribution in [3.8, 4) is 18.1 Å².